The summed E-state index contributed by atoms with van der Waals surface area (Å²) in [6, 6.07) is 5.91. The van der Waals surface area contributed by atoms with E-state index in [4.69, 9.17) is 5.26 Å². The Morgan fingerprint density at radius 3 is 2.81 bits per heavy atom. The van der Waals surface area contributed by atoms with Gasteiger partial charge in [0.2, 0.25) is 5.71 Å². The first-order chi connectivity index (χ1) is 7.54. The summed E-state index contributed by atoms with van der Waals surface area (Å²) in [6.45, 7) is 1.21. The molecule has 0 saturated carbocycles. The van der Waals surface area contributed by atoms with Gasteiger partial charge in [-0.3, -0.25) is 10.2 Å². The Kier molecular flexibility index (Phi) is 4.14. The molecule has 0 atom stereocenters. The monoisotopic (exact) mass is 283 g/mol. The molecule has 0 radical (unpaired) electrons. The van der Waals surface area contributed by atoms with Gasteiger partial charge in [-0.1, -0.05) is 15.9 Å². The molecule has 16 heavy (non-hydrogen) atoms. The molecule has 82 valence electrons. The molecule has 0 heterocycles. The molecule has 0 spiro atoms. The van der Waals surface area contributed by atoms with Gasteiger partial charge in [0, 0.05) is 11.4 Å². The van der Waals surface area contributed by atoms with Gasteiger partial charge in [0.1, 0.15) is 11.9 Å². The van der Waals surface area contributed by atoms with E-state index in [1.54, 1.807) is 12.1 Å². The predicted octanol–water partition coefficient (Wildman–Crippen LogP) is 2.47. The molecule has 1 aromatic rings. The third-order valence-electron chi connectivity index (χ3n) is 1.66. The van der Waals surface area contributed by atoms with Crippen LogP contribution in [0.1, 0.15) is 6.92 Å². The van der Waals surface area contributed by atoms with Crippen LogP contribution in [-0.2, 0) is 4.79 Å². The summed E-state index contributed by atoms with van der Waals surface area (Å²) in [4.78, 5) is 10.8. The molecule has 0 fully saturated rings. The van der Waals surface area contributed by atoms with Crippen LogP contribution in [0.15, 0.2) is 27.8 Å². The highest BCUT2D eigenvalue weighted by atomic mass is 79.9. The van der Waals surface area contributed by atoms with Crippen LogP contribution in [-0.4, -0.2) is 11.5 Å². The Morgan fingerprint density at radius 1 is 1.62 bits per heavy atom. The van der Waals surface area contributed by atoms with Crippen LogP contribution < -0.4 is 5.43 Å². The van der Waals surface area contributed by atoms with Crippen molar-refractivity contribution in [1.82, 2.24) is 0 Å². The van der Waals surface area contributed by atoms with Gasteiger partial charge in [-0.2, -0.15) is 10.4 Å². The van der Waals surface area contributed by atoms with Gasteiger partial charge >= 0.3 is 0 Å². The number of hydrogen-bond donors (Lipinski definition) is 1. The minimum Gasteiger partial charge on any atom is -0.292 e. The fraction of sp³-hybridized carbons (Fsp3) is 0.100. The van der Waals surface area contributed by atoms with E-state index in [-0.39, 0.29) is 11.4 Å². The van der Waals surface area contributed by atoms with Gasteiger partial charge in [0.15, 0.2) is 5.78 Å². The molecule has 0 aromatic heterocycles. The summed E-state index contributed by atoms with van der Waals surface area (Å²) in [7, 11) is 0. The largest absolute Gasteiger partial charge is 0.292 e. The molecule has 0 bridgehead atoms. The second-order valence-electron chi connectivity index (χ2n) is 2.86. The van der Waals surface area contributed by atoms with Crippen molar-refractivity contribution in [3.8, 4) is 6.07 Å². The van der Waals surface area contributed by atoms with Gasteiger partial charge in [-0.05, 0) is 18.2 Å². The summed E-state index contributed by atoms with van der Waals surface area (Å²) >= 11 is 3.10. The molecule has 0 aliphatic heterocycles. The first kappa shape index (κ1) is 12.3. The first-order valence-corrected chi connectivity index (χ1v) is 5.03. The lowest BCUT2D eigenvalue weighted by Gasteiger charge is -2.02. The van der Waals surface area contributed by atoms with E-state index in [9.17, 15) is 9.18 Å². The third kappa shape index (κ3) is 3.14. The van der Waals surface area contributed by atoms with Crippen molar-refractivity contribution in [2.75, 3.05) is 5.43 Å². The zero-order valence-corrected chi connectivity index (χ0v) is 9.88. The van der Waals surface area contributed by atoms with E-state index in [1.165, 1.54) is 19.1 Å². The Morgan fingerprint density at radius 2 is 2.31 bits per heavy atom. The fourth-order valence-electron chi connectivity index (χ4n) is 0.879. The SMILES string of the molecule is CC(=O)/C(C#N)=N/Nc1ccc(Br)cc1F. The number of nitrogens with zero attached hydrogens (tertiary/aromatic N) is 2. The second-order valence-corrected chi connectivity index (χ2v) is 3.78. The van der Waals surface area contributed by atoms with E-state index in [0.29, 0.717) is 4.47 Å². The van der Waals surface area contributed by atoms with Crippen molar-refractivity contribution in [3.63, 3.8) is 0 Å². The molecule has 0 unspecified atom stereocenters. The summed E-state index contributed by atoms with van der Waals surface area (Å²) in [5.74, 6) is -1.01. The zero-order valence-electron chi connectivity index (χ0n) is 8.29. The summed E-state index contributed by atoms with van der Waals surface area (Å²) in [5, 5.41) is 12.0. The lowest BCUT2D eigenvalue weighted by atomic mass is 10.3. The first-order valence-electron chi connectivity index (χ1n) is 4.24. The number of carbonyl (C=O) groups excluding carboxylic acids is 1. The van der Waals surface area contributed by atoms with Crippen LogP contribution in [0.5, 0.6) is 0 Å². The molecule has 1 N–H and O–H groups in total. The smallest absolute Gasteiger partial charge is 0.203 e. The Balaban J connectivity index is 2.90. The number of nitriles is 1. The summed E-state index contributed by atoms with van der Waals surface area (Å²) in [6.07, 6.45) is 0. The molecule has 1 aromatic carbocycles. The number of hydrazone groups is 1. The van der Waals surface area contributed by atoms with Crippen molar-refractivity contribution >= 4 is 33.1 Å². The number of ketones is 1. The Hall–Kier alpha value is -1.74. The predicted molar refractivity (Wildman–Crippen MR) is 61.5 cm³/mol. The van der Waals surface area contributed by atoms with E-state index < -0.39 is 11.6 Å². The fourth-order valence-corrected chi connectivity index (χ4v) is 1.21. The van der Waals surface area contributed by atoms with Gasteiger partial charge in [-0.15, -0.1) is 0 Å². The van der Waals surface area contributed by atoms with Crippen molar-refractivity contribution in [2.24, 2.45) is 5.10 Å². The molecular weight excluding hydrogens is 277 g/mol. The molecule has 6 heteroatoms. The van der Waals surface area contributed by atoms with Crippen LogP contribution in [0.25, 0.3) is 0 Å². The van der Waals surface area contributed by atoms with E-state index in [1.807, 2.05) is 0 Å². The molecule has 0 saturated heterocycles. The van der Waals surface area contributed by atoms with Crippen LogP contribution >= 0.6 is 15.9 Å². The highest BCUT2D eigenvalue weighted by Crippen LogP contribution is 2.19. The quantitative estimate of drug-likeness (QED) is 0.685. The van der Waals surface area contributed by atoms with Crippen molar-refractivity contribution in [1.29, 1.82) is 5.26 Å². The normalized spacial score (nSPS) is 10.8. The Bertz CT molecular complexity index is 493. The number of hydrogen-bond acceptors (Lipinski definition) is 4. The highest BCUT2D eigenvalue weighted by Gasteiger charge is 2.05. The molecule has 1 rings (SSSR count). The average molecular weight is 284 g/mol. The lowest BCUT2D eigenvalue weighted by Crippen LogP contribution is -2.09. The zero-order chi connectivity index (χ0) is 12.1. The molecule has 0 amide bonds. The standard InChI is InChI=1S/C10H7BrFN3O/c1-6(16)10(5-13)15-14-9-3-2-7(11)4-8(9)12/h2-4,14H,1H3/b15-10+. The summed E-state index contributed by atoms with van der Waals surface area (Å²) in [5.41, 5.74) is 2.11. The molecule has 4 nitrogen and oxygen atoms in total. The number of rotatable bonds is 3. The highest BCUT2D eigenvalue weighted by molar-refractivity contribution is 9.10. The van der Waals surface area contributed by atoms with Crippen LogP contribution in [0, 0.1) is 17.1 Å². The average Bonchev–Trinajstić information content (AvgIpc) is 2.21. The van der Waals surface area contributed by atoms with E-state index >= 15 is 0 Å². The third-order valence-corrected chi connectivity index (χ3v) is 2.15. The van der Waals surface area contributed by atoms with Crippen molar-refractivity contribution in [3.05, 3.63) is 28.5 Å². The second kappa shape index (κ2) is 5.37. The number of halogens is 2. The van der Waals surface area contributed by atoms with Gasteiger partial charge in [0.25, 0.3) is 0 Å². The van der Waals surface area contributed by atoms with Crippen molar-refractivity contribution < 1.29 is 9.18 Å². The minimum absolute atomic E-state index is 0.0946. The van der Waals surface area contributed by atoms with E-state index in [0.717, 1.165) is 0 Å². The lowest BCUT2D eigenvalue weighted by molar-refractivity contribution is -0.110. The number of Topliss-reactive ketones (excluding diaryl/α,β-unsaturated/α-hetero) is 1. The topological polar surface area (TPSA) is 65.2 Å². The number of benzene rings is 1. The van der Waals surface area contributed by atoms with E-state index in [2.05, 4.69) is 26.5 Å². The minimum atomic E-state index is -0.529. The maximum Gasteiger partial charge on any atom is 0.203 e. The Labute approximate surface area is 99.9 Å². The number of anilines is 1. The number of carbonyl (C=O) groups is 1. The molecular formula is C10H7BrFN3O. The molecule has 0 aliphatic rings. The summed E-state index contributed by atoms with van der Waals surface area (Å²) < 4.78 is 13.9. The van der Waals surface area contributed by atoms with Crippen molar-refractivity contribution in [2.45, 2.75) is 6.92 Å². The number of nitrogens with one attached hydrogen (secondary N) is 1. The van der Waals surface area contributed by atoms with Crippen LogP contribution in [0.3, 0.4) is 0 Å². The maximum atomic E-state index is 13.3. The van der Waals surface area contributed by atoms with Gasteiger partial charge in [-0.25, -0.2) is 4.39 Å². The van der Waals surface area contributed by atoms with Gasteiger partial charge < -0.3 is 0 Å². The molecule has 0 aliphatic carbocycles. The van der Waals surface area contributed by atoms with Gasteiger partial charge in [0.05, 0.1) is 5.69 Å². The maximum absolute atomic E-state index is 13.3. The van der Waals surface area contributed by atoms with Crippen LogP contribution in [0.4, 0.5) is 10.1 Å². The van der Waals surface area contributed by atoms with Crippen LogP contribution in [0.2, 0.25) is 0 Å².